The fourth-order valence-electron chi connectivity index (χ4n) is 2.61. The lowest BCUT2D eigenvalue weighted by molar-refractivity contribution is -0.137. The molecule has 0 radical (unpaired) electrons. The third kappa shape index (κ3) is 5.04. The third-order valence-electron chi connectivity index (χ3n) is 3.88. The van der Waals surface area contributed by atoms with Gasteiger partial charge in [-0.05, 0) is 44.2 Å². The van der Waals surface area contributed by atoms with Crippen LogP contribution in [0.1, 0.15) is 35.4 Å². The zero-order valence-electron chi connectivity index (χ0n) is 12.3. The summed E-state index contributed by atoms with van der Waals surface area (Å²) in [6.07, 6.45) is 2.76. The molecule has 116 valence electrons. The number of amides is 2. The number of carboxylic acid groups (broad SMARTS) is 1. The summed E-state index contributed by atoms with van der Waals surface area (Å²) in [6, 6.07) is 4.08. The van der Waals surface area contributed by atoms with Gasteiger partial charge >= 0.3 is 12.0 Å². The minimum atomic E-state index is -0.735. The number of urea groups is 1. The monoisotopic (exact) mass is 310 g/mol. The molecule has 21 heavy (non-hydrogen) atoms. The number of carbonyl (C=O) groups excluding carboxylic acids is 1. The summed E-state index contributed by atoms with van der Waals surface area (Å²) in [5.41, 5.74) is 0. The average molecular weight is 310 g/mol. The van der Waals surface area contributed by atoms with Crippen molar-refractivity contribution in [3.63, 3.8) is 0 Å². The third-order valence-corrected chi connectivity index (χ3v) is 4.88. The molecular formula is C15H22N2O3S. The number of carbonyl (C=O) groups is 2. The summed E-state index contributed by atoms with van der Waals surface area (Å²) in [7, 11) is 0. The number of piperidine rings is 1. The van der Waals surface area contributed by atoms with E-state index in [2.05, 4.69) is 18.3 Å². The number of likely N-dealkylation sites (tertiary alicyclic amines) is 1. The first kappa shape index (κ1) is 15.8. The number of carboxylic acids is 1. The highest BCUT2D eigenvalue weighted by Gasteiger charge is 2.22. The number of nitrogens with zero attached hydrogens (tertiary/aromatic N) is 1. The van der Waals surface area contributed by atoms with Gasteiger partial charge in [-0.15, -0.1) is 11.3 Å². The first-order valence-electron chi connectivity index (χ1n) is 7.34. The molecule has 1 aromatic rings. The summed E-state index contributed by atoms with van der Waals surface area (Å²) in [5, 5.41) is 11.6. The maximum Gasteiger partial charge on any atom is 0.317 e. The van der Waals surface area contributed by atoms with Crippen molar-refractivity contribution in [2.45, 2.75) is 39.2 Å². The molecule has 2 amide bonds. The van der Waals surface area contributed by atoms with Crippen molar-refractivity contribution in [3.05, 3.63) is 21.9 Å². The van der Waals surface area contributed by atoms with Crippen LogP contribution < -0.4 is 5.32 Å². The second-order valence-corrected chi connectivity index (χ2v) is 6.91. The predicted molar refractivity (Wildman–Crippen MR) is 82.5 cm³/mol. The average Bonchev–Trinajstić information content (AvgIpc) is 2.89. The van der Waals surface area contributed by atoms with E-state index in [1.54, 1.807) is 11.3 Å². The standard InChI is InChI=1S/C15H22N2O3S/c1-11-2-4-13(21-11)10-16-15(20)17-8-6-12(7-9-17)3-5-14(18)19/h2,4,12H,3,5-10H2,1H3,(H,16,20)(H,18,19). The summed E-state index contributed by atoms with van der Waals surface area (Å²) >= 11 is 1.70. The van der Waals surface area contributed by atoms with Crippen LogP contribution in [0.5, 0.6) is 0 Å². The molecule has 0 spiro atoms. The Kier molecular flexibility index (Phi) is 5.61. The van der Waals surface area contributed by atoms with Crippen molar-refractivity contribution in [2.75, 3.05) is 13.1 Å². The van der Waals surface area contributed by atoms with Gasteiger partial charge in [0, 0.05) is 29.3 Å². The molecule has 1 aliphatic heterocycles. The second-order valence-electron chi connectivity index (χ2n) is 5.53. The van der Waals surface area contributed by atoms with Gasteiger partial charge in [-0.2, -0.15) is 0 Å². The number of thiophene rings is 1. The summed E-state index contributed by atoms with van der Waals surface area (Å²) in [6.45, 7) is 4.08. The van der Waals surface area contributed by atoms with E-state index in [-0.39, 0.29) is 12.5 Å². The van der Waals surface area contributed by atoms with E-state index in [0.29, 0.717) is 12.5 Å². The molecule has 1 aliphatic rings. The van der Waals surface area contributed by atoms with Gasteiger partial charge in [0.25, 0.3) is 0 Å². The van der Waals surface area contributed by atoms with Crippen molar-refractivity contribution < 1.29 is 14.7 Å². The van der Waals surface area contributed by atoms with Crippen molar-refractivity contribution >= 4 is 23.3 Å². The summed E-state index contributed by atoms with van der Waals surface area (Å²) in [4.78, 5) is 26.9. The van der Waals surface area contributed by atoms with E-state index in [9.17, 15) is 9.59 Å². The number of aryl methyl sites for hydroxylation is 1. The van der Waals surface area contributed by atoms with Crippen LogP contribution in [0, 0.1) is 12.8 Å². The highest BCUT2D eigenvalue weighted by atomic mass is 32.1. The molecule has 0 aliphatic carbocycles. The molecule has 2 heterocycles. The summed E-state index contributed by atoms with van der Waals surface area (Å²) in [5.74, 6) is -0.300. The first-order valence-corrected chi connectivity index (χ1v) is 8.16. The van der Waals surface area contributed by atoms with E-state index < -0.39 is 5.97 Å². The number of aliphatic carboxylic acids is 1. The molecule has 1 saturated heterocycles. The van der Waals surface area contributed by atoms with E-state index in [1.807, 2.05) is 11.0 Å². The van der Waals surface area contributed by atoms with Crippen LogP contribution in [0.15, 0.2) is 12.1 Å². The Morgan fingerprint density at radius 3 is 2.67 bits per heavy atom. The van der Waals surface area contributed by atoms with Crippen LogP contribution in [0.2, 0.25) is 0 Å². The Morgan fingerprint density at radius 2 is 2.10 bits per heavy atom. The Balaban J connectivity index is 1.69. The molecule has 1 fully saturated rings. The Morgan fingerprint density at radius 1 is 1.38 bits per heavy atom. The number of rotatable bonds is 5. The fraction of sp³-hybridized carbons (Fsp3) is 0.600. The predicted octanol–water partition coefficient (Wildman–Crippen LogP) is 2.84. The van der Waals surface area contributed by atoms with Crippen LogP contribution in [-0.2, 0) is 11.3 Å². The van der Waals surface area contributed by atoms with Gasteiger partial charge in [0.05, 0.1) is 6.54 Å². The Labute approximate surface area is 129 Å². The van der Waals surface area contributed by atoms with Gasteiger partial charge in [0.15, 0.2) is 0 Å². The van der Waals surface area contributed by atoms with Gasteiger partial charge in [-0.3, -0.25) is 4.79 Å². The molecule has 0 bridgehead atoms. The fourth-order valence-corrected chi connectivity index (χ4v) is 3.44. The minimum absolute atomic E-state index is 0.0160. The SMILES string of the molecule is Cc1ccc(CNC(=O)N2CCC(CCC(=O)O)CC2)s1. The topological polar surface area (TPSA) is 69.6 Å². The lowest BCUT2D eigenvalue weighted by Gasteiger charge is -2.31. The maximum atomic E-state index is 12.1. The van der Waals surface area contributed by atoms with Gasteiger partial charge < -0.3 is 15.3 Å². The quantitative estimate of drug-likeness (QED) is 0.878. The lowest BCUT2D eigenvalue weighted by Crippen LogP contribution is -2.44. The van der Waals surface area contributed by atoms with Crippen molar-refractivity contribution in [1.29, 1.82) is 0 Å². The number of nitrogens with one attached hydrogen (secondary N) is 1. The maximum absolute atomic E-state index is 12.1. The van der Waals surface area contributed by atoms with Crippen molar-refractivity contribution in [2.24, 2.45) is 5.92 Å². The van der Waals surface area contributed by atoms with Gasteiger partial charge in [0.1, 0.15) is 0 Å². The first-order chi connectivity index (χ1) is 10.0. The highest BCUT2D eigenvalue weighted by Crippen LogP contribution is 2.22. The second kappa shape index (κ2) is 7.45. The van der Waals surface area contributed by atoms with Crippen LogP contribution in [0.3, 0.4) is 0 Å². The minimum Gasteiger partial charge on any atom is -0.481 e. The molecule has 1 aromatic heterocycles. The zero-order chi connectivity index (χ0) is 15.2. The van der Waals surface area contributed by atoms with Gasteiger partial charge in [-0.1, -0.05) is 0 Å². The van der Waals surface area contributed by atoms with Crippen LogP contribution >= 0.6 is 11.3 Å². The smallest absolute Gasteiger partial charge is 0.317 e. The molecular weight excluding hydrogens is 288 g/mol. The zero-order valence-corrected chi connectivity index (χ0v) is 13.1. The van der Waals surface area contributed by atoms with E-state index in [0.717, 1.165) is 37.2 Å². The van der Waals surface area contributed by atoms with Crippen molar-refractivity contribution in [3.8, 4) is 0 Å². The molecule has 2 N–H and O–H groups in total. The highest BCUT2D eigenvalue weighted by molar-refractivity contribution is 7.11. The molecule has 6 heteroatoms. The van der Waals surface area contributed by atoms with E-state index >= 15 is 0 Å². The lowest BCUT2D eigenvalue weighted by atomic mass is 9.92. The molecule has 0 atom stereocenters. The van der Waals surface area contributed by atoms with E-state index in [4.69, 9.17) is 5.11 Å². The van der Waals surface area contributed by atoms with Crippen LogP contribution in [0.25, 0.3) is 0 Å². The Bertz CT molecular complexity index is 493. The molecule has 0 unspecified atom stereocenters. The van der Waals surface area contributed by atoms with E-state index in [1.165, 1.54) is 4.88 Å². The molecule has 0 aromatic carbocycles. The summed E-state index contributed by atoms with van der Waals surface area (Å²) < 4.78 is 0. The largest absolute Gasteiger partial charge is 0.481 e. The number of hydrogen-bond acceptors (Lipinski definition) is 3. The van der Waals surface area contributed by atoms with Gasteiger partial charge in [-0.25, -0.2) is 4.79 Å². The normalized spacial score (nSPS) is 16.0. The van der Waals surface area contributed by atoms with Gasteiger partial charge in [0.2, 0.25) is 0 Å². The Hall–Kier alpha value is -1.56. The molecule has 2 rings (SSSR count). The van der Waals surface area contributed by atoms with Crippen molar-refractivity contribution in [1.82, 2.24) is 10.2 Å². The number of hydrogen-bond donors (Lipinski definition) is 2. The molecule has 0 saturated carbocycles. The van der Waals surface area contributed by atoms with Crippen LogP contribution in [-0.4, -0.2) is 35.1 Å². The molecule has 5 nitrogen and oxygen atoms in total. The van der Waals surface area contributed by atoms with Crippen LogP contribution in [0.4, 0.5) is 4.79 Å².